The summed E-state index contributed by atoms with van der Waals surface area (Å²) in [6, 6.07) is 49.5. The minimum atomic E-state index is -0.957. The van der Waals surface area contributed by atoms with Gasteiger partial charge >= 0.3 is 5.97 Å². The molecule has 1 unspecified atom stereocenters. The Kier molecular flexibility index (Phi) is 8.35. The van der Waals surface area contributed by atoms with E-state index in [4.69, 9.17) is 4.99 Å². The van der Waals surface area contributed by atoms with Gasteiger partial charge in [-0.1, -0.05) is 152 Å². The number of carbonyl (C=O) groups is 1. The summed E-state index contributed by atoms with van der Waals surface area (Å²) >= 11 is 1.61. The molecule has 0 aliphatic rings. The number of aliphatic carboxylic acids is 1. The normalized spacial score (nSPS) is 11.9. The topological polar surface area (TPSA) is 49.7 Å². The Labute approximate surface area is 233 Å². The highest BCUT2D eigenvalue weighted by molar-refractivity contribution is 8.00. The Balaban J connectivity index is 1.62. The number of benzene rings is 5. The van der Waals surface area contributed by atoms with Gasteiger partial charge in [0.25, 0.3) is 0 Å². The highest BCUT2D eigenvalue weighted by Gasteiger charge is 2.38. The van der Waals surface area contributed by atoms with Crippen molar-refractivity contribution >= 4 is 23.4 Å². The molecule has 0 aliphatic heterocycles. The second-order valence-electron chi connectivity index (χ2n) is 9.15. The van der Waals surface area contributed by atoms with E-state index in [1.165, 1.54) is 0 Å². The molecule has 4 heteroatoms. The third kappa shape index (κ3) is 5.87. The molecule has 39 heavy (non-hydrogen) atoms. The predicted molar refractivity (Wildman–Crippen MR) is 162 cm³/mol. The molecular formula is C35H29NO2S. The van der Waals surface area contributed by atoms with E-state index < -0.39 is 16.8 Å². The van der Waals surface area contributed by atoms with Crippen molar-refractivity contribution in [2.75, 3.05) is 5.75 Å². The van der Waals surface area contributed by atoms with Crippen LogP contribution in [0.3, 0.4) is 0 Å². The highest BCUT2D eigenvalue weighted by Crippen LogP contribution is 2.48. The number of nitrogens with zero attached hydrogens (tertiary/aromatic N) is 1. The van der Waals surface area contributed by atoms with E-state index in [1.54, 1.807) is 11.8 Å². The summed E-state index contributed by atoms with van der Waals surface area (Å²) in [5.41, 5.74) is 5.72. The molecule has 0 heterocycles. The van der Waals surface area contributed by atoms with Crippen molar-refractivity contribution < 1.29 is 9.90 Å². The van der Waals surface area contributed by atoms with E-state index >= 15 is 0 Å². The van der Waals surface area contributed by atoms with Crippen LogP contribution < -0.4 is 0 Å². The molecule has 0 saturated carbocycles. The summed E-state index contributed by atoms with van der Waals surface area (Å²) in [6.45, 7) is 0. The first-order chi connectivity index (χ1) is 19.2. The lowest BCUT2D eigenvalue weighted by molar-refractivity contribution is -0.137. The van der Waals surface area contributed by atoms with Gasteiger partial charge in [0.05, 0.1) is 10.5 Å². The van der Waals surface area contributed by atoms with Crippen LogP contribution in [-0.4, -0.2) is 28.6 Å². The maximum Gasteiger partial charge on any atom is 0.329 e. The van der Waals surface area contributed by atoms with Gasteiger partial charge in [-0.25, -0.2) is 4.79 Å². The van der Waals surface area contributed by atoms with Crippen LogP contribution in [0, 0.1) is 0 Å². The highest BCUT2D eigenvalue weighted by atomic mass is 32.2. The minimum absolute atomic E-state index is 0.275. The zero-order chi connectivity index (χ0) is 26.9. The Hall–Kier alpha value is -4.41. The van der Waals surface area contributed by atoms with E-state index in [1.807, 2.05) is 115 Å². The van der Waals surface area contributed by atoms with Crippen LogP contribution in [-0.2, 0) is 9.54 Å². The van der Waals surface area contributed by atoms with Crippen molar-refractivity contribution in [1.82, 2.24) is 0 Å². The number of hydrogen-bond donors (Lipinski definition) is 1. The van der Waals surface area contributed by atoms with Crippen LogP contribution in [0.5, 0.6) is 0 Å². The molecule has 0 aliphatic carbocycles. The Morgan fingerprint density at radius 2 is 0.923 bits per heavy atom. The molecule has 3 nitrogen and oxygen atoms in total. The SMILES string of the molecule is O=C(O)C(CSC(c1ccccc1)(c1ccccc1)c1ccccc1)N=C(c1ccccc1)c1ccccc1. The van der Waals surface area contributed by atoms with Gasteiger partial charge in [-0.05, 0) is 16.7 Å². The first-order valence-electron chi connectivity index (χ1n) is 12.9. The number of thioether (sulfide) groups is 1. The first kappa shape index (κ1) is 26.2. The second kappa shape index (κ2) is 12.4. The molecule has 5 aromatic rings. The van der Waals surface area contributed by atoms with E-state index in [2.05, 4.69) is 36.4 Å². The number of rotatable bonds is 10. The Bertz CT molecular complexity index is 1370. The van der Waals surface area contributed by atoms with Gasteiger partial charge in [0.15, 0.2) is 6.04 Å². The fourth-order valence-electron chi connectivity index (χ4n) is 4.80. The van der Waals surface area contributed by atoms with Crippen LogP contribution >= 0.6 is 11.8 Å². The lowest BCUT2D eigenvalue weighted by atomic mass is 9.84. The lowest BCUT2D eigenvalue weighted by Gasteiger charge is -2.36. The molecule has 0 radical (unpaired) electrons. The smallest absolute Gasteiger partial charge is 0.329 e. The summed E-state index contributed by atoms with van der Waals surface area (Å²) in [6.07, 6.45) is 0. The number of hydrogen-bond acceptors (Lipinski definition) is 3. The quantitative estimate of drug-likeness (QED) is 0.150. The van der Waals surface area contributed by atoms with Gasteiger partial charge in [0.1, 0.15) is 0 Å². The third-order valence-electron chi connectivity index (χ3n) is 6.66. The fraction of sp³-hybridized carbons (Fsp3) is 0.0857. The van der Waals surface area contributed by atoms with Crippen molar-refractivity contribution in [3.05, 3.63) is 179 Å². The van der Waals surface area contributed by atoms with Gasteiger partial charge in [-0.2, -0.15) is 0 Å². The minimum Gasteiger partial charge on any atom is -0.480 e. The number of carboxylic acids is 1. The van der Waals surface area contributed by atoms with Crippen molar-refractivity contribution in [2.45, 2.75) is 10.8 Å². The summed E-state index contributed by atoms with van der Waals surface area (Å²) in [4.78, 5) is 17.6. The van der Waals surface area contributed by atoms with Crippen molar-refractivity contribution in [2.24, 2.45) is 4.99 Å². The molecule has 0 amide bonds. The van der Waals surface area contributed by atoms with E-state index in [0.29, 0.717) is 5.71 Å². The maximum absolute atomic E-state index is 12.7. The van der Waals surface area contributed by atoms with E-state index in [9.17, 15) is 9.90 Å². The zero-order valence-electron chi connectivity index (χ0n) is 21.4. The van der Waals surface area contributed by atoms with Crippen molar-refractivity contribution in [3.63, 3.8) is 0 Å². The van der Waals surface area contributed by atoms with Crippen molar-refractivity contribution in [3.8, 4) is 0 Å². The van der Waals surface area contributed by atoms with Crippen LogP contribution in [0.25, 0.3) is 0 Å². The van der Waals surface area contributed by atoms with Gasteiger partial charge in [-0.3, -0.25) is 4.99 Å². The maximum atomic E-state index is 12.7. The predicted octanol–water partition coefficient (Wildman–Crippen LogP) is 7.70. The molecule has 0 bridgehead atoms. The second-order valence-corrected chi connectivity index (χ2v) is 10.4. The van der Waals surface area contributed by atoms with Gasteiger partial charge in [-0.15, -0.1) is 11.8 Å². The van der Waals surface area contributed by atoms with E-state index in [0.717, 1.165) is 27.8 Å². The van der Waals surface area contributed by atoms with Gasteiger partial charge < -0.3 is 5.11 Å². The third-order valence-corrected chi connectivity index (χ3v) is 8.29. The summed E-state index contributed by atoms with van der Waals surface area (Å²) in [5, 5.41) is 10.4. The monoisotopic (exact) mass is 527 g/mol. The Morgan fingerprint density at radius 1 is 0.590 bits per heavy atom. The van der Waals surface area contributed by atoms with Crippen LogP contribution in [0.15, 0.2) is 157 Å². The fourth-order valence-corrected chi connectivity index (χ4v) is 6.33. The molecule has 0 spiro atoms. The summed E-state index contributed by atoms with van der Waals surface area (Å²) < 4.78 is -0.618. The molecule has 192 valence electrons. The molecule has 5 rings (SSSR count). The van der Waals surface area contributed by atoms with Crippen molar-refractivity contribution in [1.29, 1.82) is 0 Å². The summed E-state index contributed by atoms with van der Waals surface area (Å²) in [7, 11) is 0. The van der Waals surface area contributed by atoms with E-state index in [-0.39, 0.29) is 5.75 Å². The molecule has 0 aromatic heterocycles. The molecule has 1 N–H and O–H groups in total. The summed E-state index contributed by atoms with van der Waals surface area (Å²) in [5.74, 6) is -0.674. The van der Waals surface area contributed by atoms with Crippen LogP contribution in [0.1, 0.15) is 27.8 Å². The molecule has 5 aromatic carbocycles. The number of aliphatic imine (C=N–C) groups is 1. The van der Waals surface area contributed by atoms with Gasteiger partial charge in [0, 0.05) is 16.9 Å². The van der Waals surface area contributed by atoms with Crippen LogP contribution in [0.2, 0.25) is 0 Å². The Morgan fingerprint density at radius 3 is 1.26 bits per heavy atom. The standard InChI is InChI=1S/C35H29NO2S/c37-34(38)32(36-33(27-16-6-1-7-17-27)28-18-8-2-9-19-28)26-39-35(29-20-10-3-11-21-29,30-22-12-4-13-23-30)31-24-14-5-15-25-31/h1-25,32H,26H2,(H,37,38). The molecular weight excluding hydrogens is 498 g/mol. The molecule has 1 atom stereocenters. The first-order valence-corrected chi connectivity index (χ1v) is 13.9. The van der Waals surface area contributed by atoms with Gasteiger partial charge in [0.2, 0.25) is 0 Å². The average Bonchev–Trinajstić information content (AvgIpc) is 3.01. The number of carboxylic acid groups (broad SMARTS) is 1. The largest absolute Gasteiger partial charge is 0.480 e. The molecule has 0 fully saturated rings. The molecule has 0 saturated heterocycles. The average molecular weight is 528 g/mol. The van der Waals surface area contributed by atoms with Crippen LogP contribution in [0.4, 0.5) is 0 Å². The lowest BCUT2D eigenvalue weighted by Crippen LogP contribution is -2.30. The zero-order valence-corrected chi connectivity index (χ0v) is 22.2.